The van der Waals surface area contributed by atoms with E-state index < -0.39 is 6.10 Å². The molecule has 6 heteroatoms. The van der Waals surface area contributed by atoms with E-state index in [0.717, 1.165) is 122 Å². The molecule has 0 radical (unpaired) electrons. The Kier molecular flexibility index (Phi) is 56.8. The quantitative estimate of drug-likeness (QED) is 0.0261. The van der Waals surface area contributed by atoms with Crippen LogP contribution in [0.2, 0.25) is 0 Å². The summed E-state index contributed by atoms with van der Waals surface area (Å²) in [4.78, 5) is 37.9. The lowest BCUT2D eigenvalue weighted by Crippen LogP contribution is -2.30. The minimum atomic E-state index is -0.784. The van der Waals surface area contributed by atoms with Crippen molar-refractivity contribution in [1.29, 1.82) is 0 Å². The molecular formula is C66H112O6. The molecule has 412 valence electrons. The van der Waals surface area contributed by atoms with Crippen LogP contribution in [0.4, 0.5) is 0 Å². The van der Waals surface area contributed by atoms with Gasteiger partial charge in [0.05, 0.1) is 0 Å². The maximum Gasteiger partial charge on any atom is 0.306 e. The molecule has 0 fully saturated rings. The van der Waals surface area contributed by atoms with Gasteiger partial charge in [-0.2, -0.15) is 0 Å². The lowest BCUT2D eigenvalue weighted by Gasteiger charge is -2.18. The molecule has 0 bridgehead atoms. The number of ether oxygens (including phenoxy) is 3. The van der Waals surface area contributed by atoms with Crippen molar-refractivity contribution in [2.45, 2.75) is 290 Å². The highest BCUT2D eigenvalue weighted by atomic mass is 16.6. The molecule has 0 rings (SSSR count). The largest absolute Gasteiger partial charge is 0.462 e. The van der Waals surface area contributed by atoms with Crippen molar-refractivity contribution in [2.24, 2.45) is 0 Å². The maximum atomic E-state index is 12.8. The molecule has 6 nitrogen and oxygen atoms in total. The molecule has 0 spiro atoms. The number of carbonyl (C=O) groups is 3. The zero-order valence-corrected chi connectivity index (χ0v) is 47.2. The highest BCUT2D eigenvalue weighted by Crippen LogP contribution is 2.15. The van der Waals surface area contributed by atoms with Crippen molar-refractivity contribution in [3.05, 3.63) is 97.2 Å². The van der Waals surface area contributed by atoms with E-state index in [1.165, 1.54) is 122 Å². The third kappa shape index (κ3) is 57.2. The van der Waals surface area contributed by atoms with Crippen LogP contribution >= 0.6 is 0 Å². The van der Waals surface area contributed by atoms with Crippen molar-refractivity contribution in [3.8, 4) is 0 Å². The van der Waals surface area contributed by atoms with Crippen LogP contribution in [-0.2, 0) is 28.6 Å². The van der Waals surface area contributed by atoms with E-state index in [9.17, 15) is 14.4 Å². The van der Waals surface area contributed by atoms with Gasteiger partial charge in [0.25, 0.3) is 0 Å². The molecule has 0 aliphatic rings. The SMILES string of the molecule is CC/C=C\C/C=C\C/C=C\C/C=C\C/C=C\C/C=C\C/C=C\CCCCCCCC(=O)OCC(COC(=O)CCCCCCCC)OC(=O)CCCCCCCCCCC/C=C\CCCCCCCCCC. The number of rotatable bonds is 54. The third-order valence-corrected chi connectivity index (χ3v) is 12.8. The number of unbranched alkanes of at least 4 members (excludes halogenated alkanes) is 27. The monoisotopic (exact) mass is 1000 g/mol. The van der Waals surface area contributed by atoms with E-state index in [-0.39, 0.29) is 31.1 Å². The number of esters is 3. The van der Waals surface area contributed by atoms with Crippen LogP contribution in [0.5, 0.6) is 0 Å². The van der Waals surface area contributed by atoms with E-state index in [1.54, 1.807) is 0 Å². The van der Waals surface area contributed by atoms with E-state index in [1.807, 2.05) is 0 Å². The molecule has 0 aromatic heterocycles. The van der Waals surface area contributed by atoms with Crippen molar-refractivity contribution < 1.29 is 28.6 Å². The fourth-order valence-electron chi connectivity index (χ4n) is 8.30. The van der Waals surface area contributed by atoms with Crippen molar-refractivity contribution >= 4 is 17.9 Å². The summed E-state index contributed by atoms with van der Waals surface area (Å²) in [5.41, 5.74) is 0. The molecule has 72 heavy (non-hydrogen) atoms. The number of hydrogen-bond donors (Lipinski definition) is 0. The zero-order chi connectivity index (χ0) is 52.2. The van der Waals surface area contributed by atoms with Crippen LogP contribution in [-0.4, -0.2) is 37.2 Å². The van der Waals surface area contributed by atoms with Crippen LogP contribution in [0.25, 0.3) is 0 Å². The molecule has 0 aliphatic heterocycles. The Bertz CT molecular complexity index is 1430. The molecule has 0 saturated carbocycles. The Hall–Kier alpha value is -3.67. The molecule has 0 N–H and O–H groups in total. The summed E-state index contributed by atoms with van der Waals surface area (Å²) in [6.07, 6.45) is 80.1. The highest BCUT2D eigenvalue weighted by molar-refractivity contribution is 5.71. The van der Waals surface area contributed by atoms with E-state index >= 15 is 0 Å². The maximum absolute atomic E-state index is 12.8. The van der Waals surface area contributed by atoms with E-state index in [4.69, 9.17) is 14.2 Å². The van der Waals surface area contributed by atoms with Crippen molar-refractivity contribution in [2.75, 3.05) is 13.2 Å². The number of hydrogen-bond acceptors (Lipinski definition) is 6. The summed E-state index contributed by atoms with van der Waals surface area (Å²) in [6, 6.07) is 0. The normalized spacial score (nSPS) is 12.8. The summed E-state index contributed by atoms with van der Waals surface area (Å²) in [7, 11) is 0. The molecule has 0 aromatic rings. The fourth-order valence-corrected chi connectivity index (χ4v) is 8.30. The van der Waals surface area contributed by atoms with Crippen LogP contribution < -0.4 is 0 Å². The summed E-state index contributed by atoms with van der Waals surface area (Å²) < 4.78 is 16.8. The molecule has 0 heterocycles. The Morgan fingerprint density at radius 1 is 0.292 bits per heavy atom. The predicted molar refractivity (Wildman–Crippen MR) is 311 cm³/mol. The standard InChI is InChI=1S/C66H112O6/c1-4-7-10-13-16-18-20-22-24-26-28-30-31-32-33-34-35-37-38-40-42-44-46-48-50-53-56-59-65(68)71-62-63(61-70-64(67)58-55-52-15-12-9-6-3)72-66(69)60-57-54-51-49-47-45-43-41-39-36-29-27-25-23-21-19-17-14-11-8-5-2/h7,10,16,18,22,24,27-30,32-33,35,37,40,42,63H,4-6,8-9,11-15,17,19-21,23,25-26,31,34,36,38-39,41,43-62H2,1-3H3/b10-7-,18-16-,24-22-,29-27-,30-28-,33-32-,37-35-,42-40-. The Balaban J connectivity index is 4.19. The third-order valence-electron chi connectivity index (χ3n) is 12.8. The fraction of sp³-hybridized carbons (Fsp3) is 0.712. The average Bonchev–Trinajstić information content (AvgIpc) is 3.38. The first kappa shape index (κ1) is 68.3. The molecule has 0 aliphatic carbocycles. The van der Waals surface area contributed by atoms with Crippen LogP contribution in [0.15, 0.2) is 97.2 Å². The molecule has 1 unspecified atom stereocenters. The van der Waals surface area contributed by atoms with Gasteiger partial charge in [-0.05, 0) is 103 Å². The first-order valence-corrected chi connectivity index (χ1v) is 30.2. The zero-order valence-electron chi connectivity index (χ0n) is 47.2. The Labute approximate surface area is 445 Å². The predicted octanol–water partition coefficient (Wildman–Crippen LogP) is 20.5. The van der Waals surface area contributed by atoms with E-state index in [2.05, 4.69) is 118 Å². The van der Waals surface area contributed by atoms with Gasteiger partial charge in [0.2, 0.25) is 0 Å². The second kappa shape index (κ2) is 59.9. The van der Waals surface area contributed by atoms with Crippen LogP contribution in [0.1, 0.15) is 284 Å². The van der Waals surface area contributed by atoms with Gasteiger partial charge in [-0.15, -0.1) is 0 Å². The minimum Gasteiger partial charge on any atom is -0.462 e. The van der Waals surface area contributed by atoms with Gasteiger partial charge in [0.15, 0.2) is 6.10 Å². The van der Waals surface area contributed by atoms with Gasteiger partial charge in [0, 0.05) is 19.3 Å². The van der Waals surface area contributed by atoms with Gasteiger partial charge in [0.1, 0.15) is 13.2 Å². The van der Waals surface area contributed by atoms with Gasteiger partial charge >= 0.3 is 17.9 Å². The van der Waals surface area contributed by atoms with Gasteiger partial charge in [-0.3, -0.25) is 14.4 Å². The average molecular weight is 1000 g/mol. The molecule has 0 aromatic carbocycles. The topological polar surface area (TPSA) is 78.9 Å². The van der Waals surface area contributed by atoms with Gasteiger partial charge < -0.3 is 14.2 Å². The minimum absolute atomic E-state index is 0.0842. The first-order chi connectivity index (χ1) is 35.5. The smallest absolute Gasteiger partial charge is 0.306 e. The lowest BCUT2D eigenvalue weighted by atomic mass is 10.1. The lowest BCUT2D eigenvalue weighted by molar-refractivity contribution is -0.167. The molecule has 0 amide bonds. The second-order valence-corrected chi connectivity index (χ2v) is 19.9. The molecule has 0 saturated heterocycles. The summed E-state index contributed by atoms with van der Waals surface area (Å²) in [6.45, 7) is 6.46. The highest BCUT2D eigenvalue weighted by Gasteiger charge is 2.19. The molecule has 1 atom stereocenters. The summed E-state index contributed by atoms with van der Waals surface area (Å²) >= 11 is 0. The Morgan fingerprint density at radius 2 is 0.542 bits per heavy atom. The van der Waals surface area contributed by atoms with Crippen molar-refractivity contribution in [1.82, 2.24) is 0 Å². The van der Waals surface area contributed by atoms with Crippen molar-refractivity contribution in [3.63, 3.8) is 0 Å². The first-order valence-electron chi connectivity index (χ1n) is 30.2. The molecular weight excluding hydrogens is 889 g/mol. The number of allylic oxidation sites excluding steroid dienone is 16. The van der Waals surface area contributed by atoms with E-state index in [0.29, 0.717) is 19.3 Å². The van der Waals surface area contributed by atoms with Gasteiger partial charge in [-0.1, -0.05) is 259 Å². The Morgan fingerprint density at radius 3 is 0.861 bits per heavy atom. The summed E-state index contributed by atoms with van der Waals surface area (Å²) in [5.74, 6) is -0.911. The number of carbonyl (C=O) groups excluding carboxylic acids is 3. The van der Waals surface area contributed by atoms with Gasteiger partial charge in [-0.25, -0.2) is 0 Å². The second-order valence-electron chi connectivity index (χ2n) is 19.9. The van der Waals surface area contributed by atoms with Crippen LogP contribution in [0, 0.1) is 0 Å². The summed E-state index contributed by atoms with van der Waals surface area (Å²) in [5, 5.41) is 0. The van der Waals surface area contributed by atoms with Crippen LogP contribution in [0.3, 0.4) is 0 Å².